The van der Waals surface area contributed by atoms with Gasteiger partial charge in [-0.15, -0.1) is 0 Å². The average molecular weight is 265 g/mol. The molecule has 2 aromatic rings. The van der Waals surface area contributed by atoms with Crippen LogP contribution in [0.2, 0.25) is 0 Å². The molecule has 19 heavy (non-hydrogen) atoms. The predicted octanol–water partition coefficient (Wildman–Crippen LogP) is 2.73. The van der Waals surface area contributed by atoms with Crippen LogP contribution < -0.4 is 5.32 Å². The Morgan fingerprint density at radius 2 is 2.00 bits per heavy atom. The number of aromatic nitrogens is 2. The van der Waals surface area contributed by atoms with E-state index in [1.807, 2.05) is 0 Å². The first kappa shape index (κ1) is 12.5. The van der Waals surface area contributed by atoms with Gasteiger partial charge in [0.2, 0.25) is 0 Å². The fraction of sp³-hybridized carbons (Fsp3) is 0.500. The van der Waals surface area contributed by atoms with Crippen molar-refractivity contribution in [3.8, 4) is 0 Å². The molecule has 1 atom stereocenters. The lowest BCUT2D eigenvalue weighted by Gasteiger charge is -2.30. The molecule has 1 fully saturated rings. The van der Waals surface area contributed by atoms with Crippen molar-refractivity contribution in [1.82, 2.24) is 15.3 Å². The smallest absolute Gasteiger partial charge is 0.161 e. The molecule has 2 heterocycles. The molecule has 1 saturated heterocycles. The van der Waals surface area contributed by atoms with E-state index in [0.717, 1.165) is 31.4 Å². The van der Waals surface area contributed by atoms with Crippen LogP contribution in [0.3, 0.4) is 0 Å². The molecule has 1 aliphatic rings. The Morgan fingerprint density at radius 3 is 2.63 bits per heavy atom. The van der Waals surface area contributed by atoms with E-state index >= 15 is 0 Å². The Hall–Kier alpha value is -1.49. The summed E-state index contributed by atoms with van der Waals surface area (Å²) in [7, 11) is 0. The third-order valence-corrected chi connectivity index (χ3v) is 4.29. The van der Waals surface area contributed by atoms with Crippen LogP contribution in [0.5, 0.6) is 0 Å². The number of rotatable bonds is 2. The second-order valence-electron chi connectivity index (χ2n) is 5.61. The van der Waals surface area contributed by atoms with Crippen molar-refractivity contribution in [2.75, 3.05) is 13.1 Å². The quantitative estimate of drug-likeness (QED) is 0.876. The molecule has 0 bridgehead atoms. The second-order valence-corrected chi connectivity index (χ2v) is 5.61. The van der Waals surface area contributed by atoms with Crippen molar-refractivity contribution < 1.29 is 8.78 Å². The third-order valence-electron chi connectivity index (χ3n) is 4.29. The summed E-state index contributed by atoms with van der Waals surface area (Å²) < 4.78 is 26.5. The SMILES string of the molecule is CC(C)C1(c2nc3cc(F)c(F)cc3[nH]2)CCNC1. The number of nitrogens with one attached hydrogen (secondary N) is 2. The van der Waals surface area contributed by atoms with Gasteiger partial charge >= 0.3 is 0 Å². The highest BCUT2D eigenvalue weighted by Crippen LogP contribution is 2.37. The van der Waals surface area contributed by atoms with Gasteiger partial charge < -0.3 is 10.3 Å². The molecular weight excluding hydrogens is 248 g/mol. The molecule has 0 saturated carbocycles. The molecular formula is C14H17F2N3. The summed E-state index contributed by atoms with van der Waals surface area (Å²) in [5.74, 6) is -0.468. The number of nitrogens with zero attached hydrogens (tertiary/aromatic N) is 1. The summed E-state index contributed by atoms with van der Waals surface area (Å²) in [5, 5.41) is 3.35. The van der Waals surface area contributed by atoms with Gasteiger partial charge in [0.25, 0.3) is 0 Å². The van der Waals surface area contributed by atoms with E-state index < -0.39 is 11.6 Å². The van der Waals surface area contributed by atoms with Crippen LogP contribution in [0.4, 0.5) is 8.78 Å². The predicted molar refractivity (Wildman–Crippen MR) is 70.0 cm³/mol. The van der Waals surface area contributed by atoms with Crippen LogP contribution in [-0.2, 0) is 5.41 Å². The van der Waals surface area contributed by atoms with Gasteiger partial charge in [0.05, 0.1) is 11.0 Å². The number of hydrogen-bond donors (Lipinski definition) is 2. The normalized spacial score (nSPS) is 23.6. The number of imidazole rings is 1. The zero-order chi connectivity index (χ0) is 13.6. The Balaban J connectivity index is 2.14. The van der Waals surface area contributed by atoms with E-state index in [0.29, 0.717) is 17.0 Å². The van der Waals surface area contributed by atoms with Gasteiger partial charge in [0, 0.05) is 24.1 Å². The first-order valence-corrected chi connectivity index (χ1v) is 6.59. The molecule has 3 rings (SSSR count). The van der Waals surface area contributed by atoms with E-state index in [4.69, 9.17) is 0 Å². The van der Waals surface area contributed by atoms with Crippen molar-refractivity contribution in [3.63, 3.8) is 0 Å². The highest BCUT2D eigenvalue weighted by molar-refractivity contribution is 5.75. The maximum atomic E-state index is 13.3. The van der Waals surface area contributed by atoms with E-state index in [-0.39, 0.29) is 5.41 Å². The Labute approximate surface area is 110 Å². The minimum absolute atomic E-state index is 0.0774. The van der Waals surface area contributed by atoms with Crippen molar-refractivity contribution >= 4 is 11.0 Å². The maximum absolute atomic E-state index is 13.3. The lowest BCUT2D eigenvalue weighted by Crippen LogP contribution is -2.35. The van der Waals surface area contributed by atoms with Gasteiger partial charge in [-0.25, -0.2) is 13.8 Å². The standard InChI is InChI=1S/C14H17F2N3/c1-8(2)14(3-4-17-7-14)13-18-11-5-9(15)10(16)6-12(11)19-13/h5-6,8,17H,3-4,7H2,1-2H3,(H,18,19). The number of aromatic amines is 1. The molecule has 102 valence electrons. The number of halogens is 2. The van der Waals surface area contributed by atoms with Crippen LogP contribution in [0.15, 0.2) is 12.1 Å². The molecule has 3 nitrogen and oxygen atoms in total. The minimum Gasteiger partial charge on any atom is -0.341 e. The van der Waals surface area contributed by atoms with Gasteiger partial charge in [0.15, 0.2) is 11.6 Å². The lowest BCUT2D eigenvalue weighted by atomic mass is 9.76. The average Bonchev–Trinajstić information content (AvgIpc) is 2.96. The topological polar surface area (TPSA) is 40.7 Å². The summed E-state index contributed by atoms with van der Waals surface area (Å²) in [6.07, 6.45) is 0.982. The highest BCUT2D eigenvalue weighted by Gasteiger charge is 2.41. The zero-order valence-electron chi connectivity index (χ0n) is 11.1. The van der Waals surface area contributed by atoms with Crippen LogP contribution in [-0.4, -0.2) is 23.1 Å². The Bertz CT molecular complexity index is 573. The second kappa shape index (κ2) is 4.27. The van der Waals surface area contributed by atoms with Gasteiger partial charge in [0.1, 0.15) is 5.82 Å². The molecule has 0 spiro atoms. The van der Waals surface area contributed by atoms with Crippen molar-refractivity contribution in [1.29, 1.82) is 0 Å². The van der Waals surface area contributed by atoms with Crippen LogP contribution in [0.1, 0.15) is 26.1 Å². The van der Waals surface area contributed by atoms with E-state index in [9.17, 15) is 8.78 Å². The molecule has 1 aliphatic heterocycles. The zero-order valence-corrected chi connectivity index (χ0v) is 11.1. The van der Waals surface area contributed by atoms with Crippen molar-refractivity contribution in [3.05, 3.63) is 29.6 Å². The van der Waals surface area contributed by atoms with Gasteiger partial charge in [-0.05, 0) is 18.9 Å². The van der Waals surface area contributed by atoms with Crippen LogP contribution in [0.25, 0.3) is 11.0 Å². The van der Waals surface area contributed by atoms with Crippen molar-refractivity contribution in [2.45, 2.75) is 25.7 Å². The molecule has 5 heteroatoms. The van der Waals surface area contributed by atoms with Gasteiger partial charge in [-0.3, -0.25) is 0 Å². The largest absolute Gasteiger partial charge is 0.341 e. The molecule has 0 radical (unpaired) electrons. The Morgan fingerprint density at radius 1 is 1.26 bits per heavy atom. The minimum atomic E-state index is -0.853. The fourth-order valence-corrected chi connectivity index (χ4v) is 2.92. The van der Waals surface area contributed by atoms with E-state index in [1.54, 1.807) is 0 Å². The lowest BCUT2D eigenvalue weighted by molar-refractivity contribution is 0.321. The molecule has 0 aliphatic carbocycles. The Kier molecular flexibility index (Phi) is 2.82. The highest BCUT2D eigenvalue weighted by atomic mass is 19.2. The molecule has 1 unspecified atom stereocenters. The maximum Gasteiger partial charge on any atom is 0.161 e. The summed E-state index contributed by atoms with van der Waals surface area (Å²) >= 11 is 0. The fourth-order valence-electron chi connectivity index (χ4n) is 2.92. The summed E-state index contributed by atoms with van der Waals surface area (Å²) in [5.41, 5.74) is 0.966. The summed E-state index contributed by atoms with van der Waals surface area (Å²) in [6.45, 7) is 6.09. The summed E-state index contributed by atoms with van der Waals surface area (Å²) in [6, 6.07) is 2.33. The van der Waals surface area contributed by atoms with E-state index in [1.165, 1.54) is 6.07 Å². The third kappa shape index (κ3) is 1.84. The van der Waals surface area contributed by atoms with Gasteiger partial charge in [-0.1, -0.05) is 13.8 Å². The van der Waals surface area contributed by atoms with E-state index in [2.05, 4.69) is 29.1 Å². The monoisotopic (exact) mass is 265 g/mol. The van der Waals surface area contributed by atoms with Gasteiger partial charge in [-0.2, -0.15) is 0 Å². The molecule has 1 aromatic carbocycles. The number of H-pyrrole nitrogens is 1. The number of fused-ring (bicyclic) bond motifs is 1. The van der Waals surface area contributed by atoms with Crippen molar-refractivity contribution in [2.24, 2.45) is 5.92 Å². The molecule has 2 N–H and O–H groups in total. The van der Waals surface area contributed by atoms with Crippen LogP contribution in [0, 0.1) is 17.6 Å². The number of benzene rings is 1. The number of hydrogen-bond acceptors (Lipinski definition) is 2. The first-order valence-electron chi connectivity index (χ1n) is 6.59. The van der Waals surface area contributed by atoms with Crippen LogP contribution >= 0.6 is 0 Å². The molecule has 1 aromatic heterocycles. The molecule has 0 amide bonds. The first-order chi connectivity index (χ1) is 9.03. The summed E-state index contributed by atoms with van der Waals surface area (Å²) in [4.78, 5) is 7.66.